The van der Waals surface area contributed by atoms with Crippen molar-refractivity contribution in [2.45, 2.75) is 13.3 Å². The molecule has 2 aromatic carbocycles. The van der Waals surface area contributed by atoms with Gasteiger partial charge in [0.1, 0.15) is 0 Å². The Hall–Kier alpha value is -3.13. The molecule has 8 nitrogen and oxygen atoms in total. The Kier molecular flexibility index (Phi) is 7.39. The van der Waals surface area contributed by atoms with Gasteiger partial charge >= 0.3 is 0 Å². The van der Waals surface area contributed by atoms with Gasteiger partial charge in [-0.15, -0.1) is 12.4 Å². The van der Waals surface area contributed by atoms with Gasteiger partial charge < -0.3 is 30.2 Å². The first kappa shape index (κ1) is 23.2. The molecule has 0 aromatic heterocycles. The van der Waals surface area contributed by atoms with Crippen LogP contribution in [0.5, 0.6) is 17.2 Å². The number of ether oxygens (including phenoxy) is 3. The molecule has 3 N–H and O–H groups in total. The zero-order valence-electron chi connectivity index (χ0n) is 17.4. The van der Waals surface area contributed by atoms with Crippen LogP contribution in [-0.2, 0) is 9.59 Å². The van der Waals surface area contributed by atoms with E-state index in [2.05, 4.69) is 5.32 Å². The first-order chi connectivity index (χ1) is 13.9. The molecular formula is C21H26ClN3O5. The second-order valence-corrected chi connectivity index (χ2v) is 6.85. The minimum Gasteiger partial charge on any atom is -0.493 e. The lowest BCUT2D eigenvalue weighted by Crippen LogP contribution is -2.28. The molecule has 1 saturated heterocycles. The number of methoxy groups -OCH3 is 3. The topological polar surface area (TPSA) is 103 Å². The lowest BCUT2D eigenvalue weighted by Gasteiger charge is -2.20. The summed E-state index contributed by atoms with van der Waals surface area (Å²) in [6.07, 6.45) is 0.115. The molecular weight excluding hydrogens is 410 g/mol. The lowest BCUT2D eigenvalue weighted by atomic mass is 10.1. The third-order valence-electron chi connectivity index (χ3n) is 4.98. The highest BCUT2D eigenvalue weighted by Crippen LogP contribution is 2.42. The van der Waals surface area contributed by atoms with Gasteiger partial charge in [-0.2, -0.15) is 0 Å². The van der Waals surface area contributed by atoms with Gasteiger partial charge in [0.25, 0.3) is 0 Å². The highest BCUT2D eigenvalue weighted by atomic mass is 35.5. The molecule has 1 atom stereocenters. The molecule has 0 spiro atoms. The Bertz CT molecular complexity index is 925. The van der Waals surface area contributed by atoms with Crippen molar-refractivity contribution in [1.29, 1.82) is 0 Å². The second-order valence-electron chi connectivity index (χ2n) is 6.85. The fourth-order valence-electron chi connectivity index (χ4n) is 3.36. The van der Waals surface area contributed by atoms with Crippen LogP contribution in [0.4, 0.5) is 17.1 Å². The number of hydrogen-bond donors (Lipinski definition) is 2. The van der Waals surface area contributed by atoms with Crippen LogP contribution in [0.25, 0.3) is 0 Å². The number of nitrogen functional groups attached to an aromatic ring is 1. The molecule has 30 heavy (non-hydrogen) atoms. The molecule has 0 radical (unpaired) electrons. The van der Waals surface area contributed by atoms with Gasteiger partial charge in [0.15, 0.2) is 11.5 Å². The van der Waals surface area contributed by atoms with Gasteiger partial charge in [0.2, 0.25) is 17.6 Å². The Morgan fingerprint density at radius 2 is 1.73 bits per heavy atom. The third kappa shape index (κ3) is 4.54. The van der Waals surface area contributed by atoms with Gasteiger partial charge in [-0.05, 0) is 24.6 Å². The molecule has 1 aliphatic rings. The summed E-state index contributed by atoms with van der Waals surface area (Å²) in [7, 11) is 4.54. The fraction of sp³-hybridized carbons (Fsp3) is 0.333. The highest BCUT2D eigenvalue weighted by Gasteiger charge is 2.36. The van der Waals surface area contributed by atoms with E-state index in [4.69, 9.17) is 19.9 Å². The van der Waals surface area contributed by atoms with Gasteiger partial charge in [0.05, 0.1) is 32.9 Å². The van der Waals surface area contributed by atoms with E-state index in [-0.39, 0.29) is 37.2 Å². The van der Waals surface area contributed by atoms with Gasteiger partial charge in [-0.3, -0.25) is 9.59 Å². The van der Waals surface area contributed by atoms with E-state index in [1.807, 2.05) is 13.0 Å². The Morgan fingerprint density at radius 1 is 1.10 bits per heavy atom. The number of hydrogen-bond acceptors (Lipinski definition) is 6. The van der Waals surface area contributed by atoms with Crippen LogP contribution >= 0.6 is 12.4 Å². The van der Waals surface area contributed by atoms with Crippen molar-refractivity contribution in [1.82, 2.24) is 0 Å². The number of carbonyl (C=O) groups is 2. The summed E-state index contributed by atoms with van der Waals surface area (Å²) < 4.78 is 16.0. The van der Waals surface area contributed by atoms with Crippen LogP contribution in [0.1, 0.15) is 12.0 Å². The van der Waals surface area contributed by atoms with Crippen molar-refractivity contribution in [3.63, 3.8) is 0 Å². The SMILES string of the molecule is COc1cc(N2CC(C(=O)Nc3cc(N)ccc3C)CC2=O)cc(OC)c1OC.Cl. The van der Waals surface area contributed by atoms with Crippen molar-refractivity contribution < 1.29 is 23.8 Å². The first-order valence-electron chi connectivity index (χ1n) is 9.15. The highest BCUT2D eigenvalue weighted by molar-refractivity contribution is 6.04. The molecule has 0 aliphatic carbocycles. The molecule has 1 fully saturated rings. The molecule has 2 amide bonds. The predicted molar refractivity (Wildman–Crippen MR) is 118 cm³/mol. The van der Waals surface area contributed by atoms with Crippen molar-refractivity contribution >= 4 is 41.3 Å². The quantitative estimate of drug-likeness (QED) is 0.676. The van der Waals surface area contributed by atoms with Crippen LogP contribution in [0, 0.1) is 12.8 Å². The number of carbonyl (C=O) groups excluding carboxylic acids is 2. The molecule has 0 bridgehead atoms. The van der Waals surface area contributed by atoms with Crippen LogP contribution in [0.2, 0.25) is 0 Å². The van der Waals surface area contributed by atoms with E-state index >= 15 is 0 Å². The molecule has 9 heteroatoms. The summed E-state index contributed by atoms with van der Waals surface area (Å²) in [5.41, 5.74) is 8.50. The number of rotatable bonds is 6. The lowest BCUT2D eigenvalue weighted by molar-refractivity contribution is -0.122. The monoisotopic (exact) mass is 435 g/mol. The third-order valence-corrected chi connectivity index (χ3v) is 4.98. The van der Waals surface area contributed by atoms with E-state index in [0.29, 0.717) is 34.3 Å². The molecule has 1 unspecified atom stereocenters. The van der Waals surface area contributed by atoms with Crippen molar-refractivity contribution in [2.24, 2.45) is 5.92 Å². The molecule has 1 heterocycles. The number of nitrogens with one attached hydrogen (secondary N) is 1. The van der Waals surface area contributed by atoms with Crippen LogP contribution in [0.15, 0.2) is 30.3 Å². The maximum Gasteiger partial charge on any atom is 0.229 e. The minimum atomic E-state index is -0.484. The van der Waals surface area contributed by atoms with E-state index in [1.165, 1.54) is 21.3 Å². The zero-order valence-corrected chi connectivity index (χ0v) is 18.2. The second kappa shape index (κ2) is 9.58. The van der Waals surface area contributed by atoms with E-state index in [9.17, 15) is 9.59 Å². The number of aryl methyl sites for hydroxylation is 1. The van der Waals surface area contributed by atoms with E-state index in [1.54, 1.807) is 29.2 Å². The standard InChI is InChI=1S/C21H25N3O5.ClH/c1-12-5-6-14(22)8-16(12)23-21(26)13-7-19(25)24(11-13)15-9-17(27-2)20(29-4)18(10-15)28-3;/h5-6,8-10,13H,7,11,22H2,1-4H3,(H,23,26);1H. The van der Waals surface area contributed by atoms with Gasteiger partial charge in [-0.1, -0.05) is 6.07 Å². The average Bonchev–Trinajstić information content (AvgIpc) is 3.11. The van der Waals surface area contributed by atoms with Crippen LogP contribution in [0.3, 0.4) is 0 Å². The van der Waals surface area contributed by atoms with E-state index < -0.39 is 5.92 Å². The maximum absolute atomic E-state index is 12.7. The van der Waals surface area contributed by atoms with Crippen molar-refractivity contribution in [3.05, 3.63) is 35.9 Å². The molecule has 3 rings (SSSR count). The molecule has 2 aromatic rings. The number of halogens is 1. The average molecular weight is 436 g/mol. The Morgan fingerprint density at radius 3 is 2.30 bits per heavy atom. The summed E-state index contributed by atoms with van der Waals surface area (Å²) >= 11 is 0. The van der Waals surface area contributed by atoms with Crippen molar-refractivity contribution in [2.75, 3.05) is 43.8 Å². The number of benzene rings is 2. The normalized spacial score (nSPS) is 15.4. The molecule has 162 valence electrons. The summed E-state index contributed by atoms with van der Waals surface area (Å²) in [4.78, 5) is 26.9. The van der Waals surface area contributed by atoms with Crippen LogP contribution < -0.4 is 30.2 Å². The largest absolute Gasteiger partial charge is 0.493 e. The number of amides is 2. The number of nitrogens with two attached hydrogens (primary N) is 1. The minimum absolute atomic E-state index is 0. The Labute approximate surface area is 181 Å². The molecule has 0 saturated carbocycles. The van der Waals surface area contributed by atoms with Gasteiger partial charge in [-0.25, -0.2) is 0 Å². The van der Waals surface area contributed by atoms with Gasteiger partial charge in [0, 0.05) is 36.5 Å². The molecule has 1 aliphatic heterocycles. The van der Waals surface area contributed by atoms with Crippen LogP contribution in [-0.4, -0.2) is 39.7 Å². The number of nitrogens with zero attached hydrogens (tertiary/aromatic N) is 1. The van der Waals surface area contributed by atoms with Crippen molar-refractivity contribution in [3.8, 4) is 17.2 Å². The summed E-state index contributed by atoms with van der Waals surface area (Å²) in [5, 5.41) is 2.88. The number of anilines is 3. The smallest absolute Gasteiger partial charge is 0.229 e. The summed E-state index contributed by atoms with van der Waals surface area (Å²) in [6, 6.07) is 8.72. The Balaban J connectivity index is 0.00000320. The predicted octanol–water partition coefficient (Wildman–Crippen LogP) is 3.02. The summed E-state index contributed by atoms with van der Waals surface area (Å²) in [6.45, 7) is 2.14. The zero-order chi connectivity index (χ0) is 21.1. The summed E-state index contributed by atoms with van der Waals surface area (Å²) in [5.74, 6) is 0.473. The first-order valence-corrected chi connectivity index (χ1v) is 9.15. The maximum atomic E-state index is 12.7. The van der Waals surface area contributed by atoms with E-state index in [0.717, 1.165) is 5.56 Å². The fourth-order valence-corrected chi connectivity index (χ4v) is 3.36.